The molecule has 29 heavy (non-hydrogen) atoms. The molecular weight excluding hydrogens is 382 g/mol. The summed E-state index contributed by atoms with van der Waals surface area (Å²) >= 11 is 1.65. The number of methoxy groups -OCH3 is 1. The quantitative estimate of drug-likeness (QED) is 0.547. The van der Waals surface area contributed by atoms with Crippen molar-refractivity contribution in [3.63, 3.8) is 0 Å². The number of nitrogens with one attached hydrogen (secondary N) is 1. The highest BCUT2D eigenvalue weighted by molar-refractivity contribution is 7.22. The van der Waals surface area contributed by atoms with Crippen molar-refractivity contribution in [2.24, 2.45) is 5.10 Å². The zero-order valence-corrected chi connectivity index (χ0v) is 16.6. The highest BCUT2D eigenvalue weighted by Gasteiger charge is 2.23. The molecule has 1 aliphatic rings. The van der Waals surface area contributed by atoms with E-state index in [4.69, 9.17) is 14.8 Å². The Labute approximate surface area is 172 Å². The first-order valence-corrected chi connectivity index (χ1v) is 10.1. The van der Waals surface area contributed by atoms with Gasteiger partial charge in [-0.1, -0.05) is 41.7 Å². The summed E-state index contributed by atoms with van der Waals surface area (Å²) in [5, 5.41) is 9.74. The standard InChI is InChI=1S/C22H19N5OS/c1-28-18-13-11-16(12-14-18)21-24-26(17-7-3-2-4-8-17)15-27(25-21)22-23-19-9-5-6-10-20(19)29-22/h2-14H,15H2,1H3,(H,24,25). The molecule has 0 fully saturated rings. The number of nitrogens with zero attached hydrogens (tertiary/aromatic N) is 4. The lowest BCUT2D eigenvalue weighted by atomic mass is 10.2. The first-order valence-electron chi connectivity index (χ1n) is 9.25. The van der Waals surface area contributed by atoms with Crippen molar-refractivity contribution >= 4 is 38.2 Å². The third-order valence-electron chi connectivity index (χ3n) is 4.67. The number of hydrogen-bond donors (Lipinski definition) is 1. The van der Waals surface area contributed by atoms with Gasteiger partial charge in [-0.15, -0.1) is 0 Å². The molecule has 0 unspecified atom stereocenters. The van der Waals surface area contributed by atoms with Gasteiger partial charge in [-0.25, -0.2) is 15.0 Å². The van der Waals surface area contributed by atoms with Crippen LogP contribution in [0.25, 0.3) is 10.2 Å². The van der Waals surface area contributed by atoms with E-state index in [1.165, 1.54) is 0 Å². The van der Waals surface area contributed by atoms with E-state index in [0.717, 1.165) is 38.2 Å². The summed E-state index contributed by atoms with van der Waals surface area (Å²) in [6, 6.07) is 26.2. The Morgan fingerprint density at radius 3 is 2.45 bits per heavy atom. The Morgan fingerprint density at radius 1 is 0.931 bits per heavy atom. The first kappa shape index (κ1) is 17.5. The van der Waals surface area contributed by atoms with E-state index in [0.29, 0.717) is 6.67 Å². The largest absolute Gasteiger partial charge is 0.497 e. The van der Waals surface area contributed by atoms with E-state index in [2.05, 4.69) is 23.6 Å². The van der Waals surface area contributed by atoms with Crippen LogP contribution in [0.5, 0.6) is 5.75 Å². The summed E-state index contributed by atoms with van der Waals surface area (Å²) in [5.74, 6) is 1.56. The minimum atomic E-state index is 0.545. The van der Waals surface area contributed by atoms with E-state index in [-0.39, 0.29) is 0 Å². The van der Waals surface area contributed by atoms with Gasteiger partial charge in [-0.2, -0.15) is 5.10 Å². The molecule has 6 nitrogen and oxygen atoms in total. The van der Waals surface area contributed by atoms with Crippen molar-refractivity contribution < 1.29 is 4.74 Å². The molecule has 7 heteroatoms. The van der Waals surface area contributed by atoms with E-state index in [9.17, 15) is 0 Å². The molecule has 0 aliphatic carbocycles. The SMILES string of the molecule is COc1ccc(C2=NN(c3ccccc3)CN(c3nc4ccccc4s3)N2)cc1. The fraction of sp³-hybridized carbons (Fsp3) is 0.0909. The van der Waals surface area contributed by atoms with Gasteiger partial charge in [0.1, 0.15) is 12.4 Å². The number of hydrazine groups is 1. The highest BCUT2D eigenvalue weighted by Crippen LogP contribution is 2.30. The number of benzene rings is 3. The highest BCUT2D eigenvalue weighted by atomic mass is 32.1. The number of fused-ring (bicyclic) bond motifs is 1. The van der Waals surface area contributed by atoms with Gasteiger partial charge in [-0.3, -0.25) is 5.43 Å². The van der Waals surface area contributed by atoms with Crippen LogP contribution in [-0.4, -0.2) is 24.6 Å². The predicted molar refractivity (Wildman–Crippen MR) is 119 cm³/mol. The number of ether oxygens (including phenoxy) is 1. The molecule has 1 aliphatic heterocycles. The average Bonchev–Trinajstić information content (AvgIpc) is 3.24. The lowest BCUT2D eigenvalue weighted by Gasteiger charge is -2.34. The van der Waals surface area contributed by atoms with Crippen molar-refractivity contribution in [1.82, 2.24) is 10.4 Å². The van der Waals surface area contributed by atoms with Crippen LogP contribution in [0.2, 0.25) is 0 Å². The molecule has 1 aromatic heterocycles. The van der Waals surface area contributed by atoms with Gasteiger partial charge < -0.3 is 4.74 Å². The average molecular weight is 401 g/mol. The number of rotatable bonds is 4. The molecule has 0 radical (unpaired) electrons. The summed E-state index contributed by atoms with van der Waals surface area (Å²) in [5.41, 5.74) is 6.42. The maximum atomic E-state index is 5.28. The molecule has 2 heterocycles. The second-order valence-electron chi connectivity index (χ2n) is 6.56. The maximum absolute atomic E-state index is 5.28. The van der Waals surface area contributed by atoms with Crippen LogP contribution in [0.1, 0.15) is 5.56 Å². The third kappa shape index (κ3) is 3.48. The topological polar surface area (TPSA) is 53.0 Å². The van der Waals surface area contributed by atoms with Gasteiger partial charge >= 0.3 is 0 Å². The Bertz CT molecular complexity index is 1120. The maximum Gasteiger partial charge on any atom is 0.207 e. The molecule has 5 rings (SSSR count). The van der Waals surface area contributed by atoms with Crippen molar-refractivity contribution in [3.05, 3.63) is 84.4 Å². The van der Waals surface area contributed by atoms with E-state index >= 15 is 0 Å². The van der Waals surface area contributed by atoms with Gasteiger partial charge in [0, 0.05) is 5.56 Å². The molecule has 0 spiro atoms. The summed E-state index contributed by atoms with van der Waals surface area (Å²) < 4.78 is 6.44. The van der Waals surface area contributed by atoms with Crippen LogP contribution in [0.3, 0.4) is 0 Å². The van der Waals surface area contributed by atoms with Crippen LogP contribution in [0.15, 0.2) is 84.0 Å². The molecule has 0 atom stereocenters. The normalized spacial score (nSPS) is 13.9. The zero-order valence-electron chi connectivity index (χ0n) is 15.8. The van der Waals surface area contributed by atoms with Crippen LogP contribution in [-0.2, 0) is 0 Å². The monoisotopic (exact) mass is 401 g/mol. The van der Waals surface area contributed by atoms with Gasteiger partial charge in [0.15, 0.2) is 5.84 Å². The van der Waals surface area contributed by atoms with Gasteiger partial charge in [0.05, 0.1) is 23.0 Å². The first-order chi connectivity index (χ1) is 14.3. The second kappa shape index (κ2) is 7.44. The Kier molecular flexibility index (Phi) is 4.50. The summed E-state index contributed by atoms with van der Waals surface area (Å²) in [6.45, 7) is 0.545. The molecule has 0 bridgehead atoms. The number of hydrogen-bond acceptors (Lipinski definition) is 7. The molecule has 1 N–H and O–H groups in total. The van der Waals surface area contributed by atoms with Crippen molar-refractivity contribution in [3.8, 4) is 5.75 Å². The Hall–Kier alpha value is -3.58. The molecule has 0 saturated heterocycles. The fourth-order valence-electron chi connectivity index (χ4n) is 3.17. The summed E-state index contributed by atoms with van der Waals surface area (Å²) in [7, 11) is 1.66. The van der Waals surface area contributed by atoms with E-state index in [1.807, 2.05) is 70.7 Å². The molecule has 4 aromatic rings. The molecular formula is C22H19N5OS. The van der Waals surface area contributed by atoms with Gasteiger partial charge in [0.25, 0.3) is 0 Å². The minimum Gasteiger partial charge on any atom is -0.497 e. The second-order valence-corrected chi connectivity index (χ2v) is 7.57. The summed E-state index contributed by atoms with van der Waals surface area (Å²) in [4.78, 5) is 4.80. The van der Waals surface area contributed by atoms with Crippen LogP contribution >= 0.6 is 11.3 Å². The third-order valence-corrected chi connectivity index (χ3v) is 5.73. The molecule has 0 amide bonds. The summed E-state index contributed by atoms with van der Waals surface area (Å²) in [6.07, 6.45) is 0. The zero-order chi connectivity index (χ0) is 19.6. The minimum absolute atomic E-state index is 0.545. The number of para-hydroxylation sites is 2. The van der Waals surface area contributed by atoms with Crippen molar-refractivity contribution in [2.75, 3.05) is 23.8 Å². The van der Waals surface area contributed by atoms with E-state index in [1.54, 1.807) is 18.4 Å². The van der Waals surface area contributed by atoms with Crippen LogP contribution < -0.4 is 20.2 Å². The molecule has 0 saturated carbocycles. The van der Waals surface area contributed by atoms with Crippen molar-refractivity contribution in [1.29, 1.82) is 0 Å². The van der Waals surface area contributed by atoms with Gasteiger partial charge in [0.2, 0.25) is 5.13 Å². The molecule has 3 aromatic carbocycles. The number of thiazole rings is 1. The lowest BCUT2D eigenvalue weighted by Crippen LogP contribution is -2.53. The molecule has 144 valence electrons. The number of amidine groups is 1. The fourth-order valence-corrected chi connectivity index (χ4v) is 4.09. The van der Waals surface area contributed by atoms with E-state index < -0.39 is 0 Å². The Morgan fingerprint density at radius 2 is 1.69 bits per heavy atom. The van der Waals surface area contributed by atoms with Gasteiger partial charge in [-0.05, 0) is 48.5 Å². The predicted octanol–water partition coefficient (Wildman–Crippen LogP) is 4.46. The smallest absolute Gasteiger partial charge is 0.207 e. The number of anilines is 2. The lowest BCUT2D eigenvalue weighted by molar-refractivity contribution is 0.415. The van der Waals surface area contributed by atoms with Crippen molar-refractivity contribution in [2.45, 2.75) is 0 Å². The van der Waals surface area contributed by atoms with Crippen LogP contribution in [0, 0.1) is 0 Å². The Balaban J connectivity index is 1.54. The van der Waals surface area contributed by atoms with Crippen LogP contribution in [0.4, 0.5) is 10.8 Å². The number of aromatic nitrogens is 1. The number of hydrazone groups is 1.